The van der Waals surface area contributed by atoms with Gasteiger partial charge >= 0.3 is 0 Å². The molecule has 2 heteroatoms. The van der Waals surface area contributed by atoms with Gasteiger partial charge in [0.2, 0.25) is 0 Å². The largest absolute Gasteiger partial charge is 0.380 e. The summed E-state index contributed by atoms with van der Waals surface area (Å²) in [7, 11) is 1.69. The molecule has 1 fully saturated rings. The molecule has 2 N–H and O–H groups in total. The van der Waals surface area contributed by atoms with Crippen LogP contribution in [0.5, 0.6) is 0 Å². The van der Waals surface area contributed by atoms with E-state index in [4.69, 9.17) is 10.5 Å². The van der Waals surface area contributed by atoms with Gasteiger partial charge in [-0.2, -0.15) is 0 Å². The first kappa shape index (κ1) is 4.09. The van der Waals surface area contributed by atoms with Gasteiger partial charge in [0.05, 0.1) is 6.10 Å². The van der Waals surface area contributed by atoms with Crippen molar-refractivity contribution in [1.82, 2.24) is 0 Å². The van der Waals surface area contributed by atoms with Crippen LogP contribution in [-0.4, -0.2) is 19.3 Å². The number of methoxy groups -OCH3 is 1. The highest BCUT2D eigenvalue weighted by atomic mass is 16.5. The number of ether oxygens (including phenoxy) is 1. The quantitative estimate of drug-likeness (QED) is 0.478. The fourth-order valence-corrected chi connectivity index (χ4v) is 0.461. The first-order chi connectivity index (χ1) is 2.84. The smallest absolute Gasteiger partial charge is 0.0738 e. The average Bonchev–Trinajstić information content (AvgIpc) is 2.19. The minimum atomic E-state index is 0.343. The molecule has 0 amide bonds. The van der Waals surface area contributed by atoms with Gasteiger partial charge in [-0.05, 0) is 6.42 Å². The van der Waals surface area contributed by atoms with Crippen molar-refractivity contribution in [1.29, 1.82) is 0 Å². The Balaban J connectivity index is 2.09. The molecule has 0 aromatic rings. The average molecular weight is 87.1 g/mol. The summed E-state index contributed by atoms with van der Waals surface area (Å²) in [6.45, 7) is 0. The summed E-state index contributed by atoms with van der Waals surface area (Å²) in [5.74, 6) is 0. The molecule has 2 nitrogen and oxygen atoms in total. The fourth-order valence-electron chi connectivity index (χ4n) is 0.461. The second-order valence-electron chi connectivity index (χ2n) is 1.67. The van der Waals surface area contributed by atoms with E-state index in [1.807, 2.05) is 0 Å². The Kier molecular flexibility index (Phi) is 0.821. The van der Waals surface area contributed by atoms with Crippen molar-refractivity contribution in [3.63, 3.8) is 0 Å². The highest BCUT2D eigenvalue weighted by Gasteiger charge is 2.32. The van der Waals surface area contributed by atoms with Crippen molar-refractivity contribution in [3.8, 4) is 0 Å². The second kappa shape index (κ2) is 1.21. The molecule has 0 radical (unpaired) electrons. The summed E-state index contributed by atoms with van der Waals surface area (Å²) in [5.41, 5.74) is 5.35. The van der Waals surface area contributed by atoms with Crippen molar-refractivity contribution < 1.29 is 4.74 Å². The third-order valence-electron chi connectivity index (χ3n) is 1.08. The third-order valence-corrected chi connectivity index (χ3v) is 1.08. The van der Waals surface area contributed by atoms with E-state index >= 15 is 0 Å². The first-order valence-corrected chi connectivity index (χ1v) is 2.13. The molecule has 0 bridgehead atoms. The van der Waals surface area contributed by atoms with Gasteiger partial charge in [0.25, 0.3) is 0 Å². The second-order valence-corrected chi connectivity index (χ2v) is 1.67. The topological polar surface area (TPSA) is 35.2 Å². The summed E-state index contributed by atoms with van der Waals surface area (Å²) in [4.78, 5) is 0. The van der Waals surface area contributed by atoms with E-state index < -0.39 is 0 Å². The number of hydrogen-bond donors (Lipinski definition) is 1. The van der Waals surface area contributed by atoms with Gasteiger partial charge in [0, 0.05) is 13.2 Å². The van der Waals surface area contributed by atoms with E-state index in [2.05, 4.69) is 0 Å². The Morgan fingerprint density at radius 2 is 2.33 bits per heavy atom. The van der Waals surface area contributed by atoms with E-state index in [1.54, 1.807) is 7.11 Å². The molecule has 0 unspecified atom stereocenters. The summed E-state index contributed by atoms with van der Waals surface area (Å²) in [6.07, 6.45) is 1.43. The van der Waals surface area contributed by atoms with Crippen LogP contribution in [0.15, 0.2) is 0 Å². The Hall–Kier alpha value is -0.0800. The number of rotatable bonds is 1. The minimum absolute atomic E-state index is 0.343. The molecule has 0 aromatic heterocycles. The molecular weight excluding hydrogens is 78.0 g/mol. The normalized spacial score (nSPS) is 43.0. The summed E-state index contributed by atoms with van der Waals surface area (Å²) in [5, 5.41) is 0. The minimum Gasteiger partial charge on any atom is -0.380 e. The van der Waals surface area contributed by atoms with Gasteiger partial charge in [-0.25, -0.2) is 0 Å². The van der Waals surface area contributed by atoms with Gasteiger partial charge in [-0.15, -0.1) is 0 Å². The molecule has 6 heavy (non-hydrogen) atoms. The van der Waals surface area contributed by atoms with E-state index in [1.165, 1.54) is 0 Å². The summed E-state index contributed by atoms with van der Waals surface area (Å²) >= 11 is 0. The molecular formula is C4H9NO. The molecule has 1 aliphatic carbocycles. The van der Waals surface area contributed by atoms with Crippen LogP contribution in [0.1, 0.15) is 6.42 Å². The predicted octanol–water partition coefficient (Wildman–Crippen LogP) is -0.268. The standard InChI is InChI=1S/C4H9NO/c1-6-4-2-3(4)5/h3-4H,2,5H2,1H3/t3-,4-/m0/s1. The molecule has 0 heterocycles. The van der Waals surface area contributed by atoms with Crippen LogP contribution in [0.3, 0.4) is 0 Å². The van der Waals surface area contributed by atoms with Crippen LogP contribution in [0.4, 0.5) is 0 Å². The lowest BCUT2D eigenvalue weighted by molar-refractivity contribution is 0.178. The van der Waals surface area contributed by atoms with Crippen molar-refractivity contribution >= 4 is 0 Å². The molecule has 1 rings (SSSR count). The van der Waals surface area contributed by atoms with Gasteiger partial charge in [-0.3, -0.25) is 0 Å². The van der Waals surface area contributed by atoms with Crippen LogP contribution in [0, 0.1) is 0 Å². The molecule has 0 aliphatic heterocycles. The maximum absolute atomic E-state index is 5.35. The van der Waals surface area contributed by atoms with E-state index in [0.717, 1.165) is 6.42 Å². The lowest BCUT2D eigenvalue weighted by Crippen LogP contribution is -2.05. The lowest BCUT2D eigenvalue weighted by Gasteiger charge is -1.85. The summed E-state index contributed by atoms with van der Waals surface area (Å²) in [6, 6.07) is 0.343. The van der Waals surface area contributed by atoms with Crippen LogP contribution >= 0.6 is 0 Å². The van der Waals surface area contributed by atoms with E-state index in [9.17, 15) is 0 Å². The van der Waals surface area contributed by atoms with Gasteiger partial charge < -0.3 is 10.5 Å². The molecule has 2 atom stereocenters. The van der Waals surface area contributed by atoms with Crippen LogP contribution in [0.25, 0.3) is 0 Å². The highest BCUT2D eigenvalue weighted by Crippen LogP contribution is 2.20. The van der Waals surface area contributed by atoms with Crippen LogP contribution in [-0.2, 0) is 4.74 Å². The van der Waals surface area contributed by atoms with Crippen LogP contribution in [0.2, 0.25) is 0 Å². The van der Waals surface area contributed by atoms with Gasteiger partial charge in [-0.1, -0.05) is 0 Å². The van der Waals surface area contributed by atoms with Gasteiger partial charge in [0.15, 0.2) is 0 Å². The molecule has 36 valence electrons. The number of hydrogen-bond acceptors (Lipinski definition) is 2. The lowest BCUT2D eigenvalue weighted by atomic mass is 10.7. The SMILES string of the molecule is CO[C@H]1C[C@@H]1N. The summed E-state index contributed by atoms with van der Waals surface area (Å²) < 4.78 is 4.85. The van der Waals surface area contributed by atoms with Crippen molar-refractivity contribution in [2.24, 2.45) is 5.73 Å². The Morgan fingerprint density at radius 3 is 2.33 bits per heavy atom. The van der Waals surface area contributed by atoms with E-state index in [0.29, 0.717) is 12.1 Å². The Morgan fingerprint density at radius 1 is 1.83 bits per heavy atom. The highest BCUT2D eigenvalue weighted by molar-refractivity contribution is 4.90. The first-order valence-electron chi connectivity index (χ1n) is 2.13. The van der Waals surface area contributed by atoms with Crippen LogP contribution < -0.4 is 5.73 Å². The molecule has 0 saturated heterocycles. The maximum atomic E-state index is 5.35. The Bertz CT molecular complexity index is 53.5. The zero-order valence-corrected chi connectivity index (χ0v) is 3.85. The maximum Gasteiger partial charge on any atom is 0.0738 e. The van der Waals surface area contributed by atoms with Gasteiger partial charge in [0.1, 0.15) is 0 Å². The predicted molar refractivity (Wildman–Crippen MR) is 23.4 cm³/mol. The molecule has 0 aromatic carbocycles. The molecule has 0 spiro atoms. The molecule has 1 aliphatic rings. The monoisotopic (exact) mass is 87.1 g/mol. The van der Waals surface area contributed by atoms with Crippen molar-refractivity contribution in [2.75, 3.05) is 7.11 Å². The molecule has 1 saturated carbocycles. The fraction of sp³-hybridized carbons (Fsp3) is 1.00. The zero-order chi connectivity index (χ0) is 4.57. The van der Waals surface area contributed by atoms with E-state index in [-0.39, 0.29) is 0 Å². The zero-order valence-electron chi connectivity index (χ0n) is 3.85. The Labute approximate surface area is 37.3 Å². The van der Waals surface area contributed by atoms with Crippen molar-refractivity contribution in [2.45, 2.75) is 18.6 Å². The third kappa shape index (κ3) is 0.533. The number of nitrogens with two attached hydrogens (primary N) is 1. The van der Waals surface area contributed by atoms with Crippen molar-refractivity contribution in [3.05, 3.63) is 0 Å².